The molecule has 0 aliphatic carbocycles. The summed E-state index contributed by atoms with van der Waals surface area (Å²) in [5.74, 6) is 0.767. The van der Waals surface area contributed by atoms with Crippen LogP contribution in [0, 0.1) is 18.3 Å². The molecule has 1 aliphatic heterocycles. The van der Waals surface area contributed by atoms with Gasteiger partial charge in [0.1, 0.15) is 17.9 Å². The van der Waals surface area contributed by atoms with E-state index in [1.807, 2.05) is 36.7 Å². The van der Waals surface area contributed by atoms with Gasteiger partial charge in [0, 0.05) is 42.6 Å². The van der Waals surface area contributed by atoms with Crippen molar-refractivity contribution in [3.8, 4) is 28.6 Å². The zero-order valence-corrected chi connectivity index (χ0v) is 17.5. The molecule has 154 valence electrons. The lowest BCUT2D eigenvalue weighted by molar-refractivity contribution is 0.227. The fraction of sp³-hybridized carbons (Fsp3) is 0.217. The van der Waals surface area contributed by atoms with E-state index in [0.717, 1.165) is 39.3 Å². The Morgan fingerprint density at radius 1 is 1.26 bits per heavy atom. The first-order valence-electron chi connectivity index (χ1n) is 9.98. The van der Waals surface area contributed by atoms with Gasteiger partial charge in [-0.2, -0.15) is 15.5 Å². The van der Waals surface area contributed by atoms with Crippen LogP contribution in [0.15, 0.2) is 42.7 Å². The number of aryl methyl sites for hydroxylation is 2. The smallest absolute Gasteiger partial charge is 0.166 e. The molecule has 1 atom stereocenters. The molecule has 1 aliphatic rings. The van der Waals surface area contributed by atoms with Crippen LogP contribution in [0.5, 0.6) is 5.75 Å². The average molecular weight is 411 g/mol. The summed E-state index contributed by atoms with van der Waals surface area (Å²) in [4.78, 5) is 4.34. The summed E-state index contributed by atoms with van der Waals surface area (Å²) in [5.41, 5.74) is 12.9. The number of hydrogen-bond donors (Lipinski definition) is 1. The molecule has 8 heteroatoms. The molecule has 0 fully saturated rings. The molecule has 31 heavy (non-hydrogen) atoms. The van der Waals surface area contributed by atoms with Gasteiger partial charge in [-0.15, -0.1) is 0 Å². The summed E-state index contributed by atoms with van der Waals surface area (Å²) in [6.45, 7) is 4.03. The number of pyridine rings is 1. The lowest BCUT2D eigenvalue weighted by Gasteiger charge is -2.22. The number of anilines is 1. The zero-order chi connectivity index (χ0) is 21.7. The molecule has 4 aromatic rings. The molecule has 2 bridgehead atoms. The van der Waals surface area contributed by atoms with Gasteiger partial charge in [0.05, 0.1) is 17.1 Å². The minimum absolute atomic E-state index is 0.297. The largest absolute Gasteiger partial charge is 0.482 e. The highest BCUT2D eigenvalue weighted by Crippen LogP contribution is 2.36. The maximum absolute atomic E-state index is 9.79. The maximum atomic E-state index is 9.79. The molecule has 1 aromatic carbocycles. The Kier molecular flexibility index (Phi) is 4.26. The van der Waals surface area contributed by atoms with E-state index in [0.29, 0.717) is 23.7 Å². The predicted molar refractivity (Wildman–Crippen MR) is 116 cm³/mol. The number of nitrogen functional groups attached to an aromatic ring is 1. The van der Waals surface area contributed by atoms with Crippen molar-refractivity contribution in [2.45, 2.75) is 26.4 Å². The quantitative estimate of drug-likeness (QED) is 0.475. The normalized spacial score (nSPS) is 14.8. The van der Waals surface area contributed by atoms with Gasteiger partial charge in [0.2, 0.25) is 0 Å². The Morgan fingerprint density at radius 3 is 2.90 bits per heavy atom. The van der Waals surface area contributed by atoms with Gasteiger partial charge in [0.25, 0.3) is 0 Å². The van der Waals surface area contributed by atoms with E-state index >= 15 is 0 Å². The van der Waals surface area contributed by atoms with Crippen LogP contribution in [0.3, 0.4) is 0 Å². The van der Waals surface area contributed by atoms with Crippen molar-refractivity contribution in [3.05, 3.63) is 70.9 Å². The van der Waals surface area contributed by atoms with E-state index in [-0.39, 0.29) is 6.10 Å². The van der Waals surface area contributed by atoms with Gasteiger partial charge in [-0.25, -0.2) is 9.67 Å². The summed E-state index contributed by atoms with van der Waals surface area (Å²) >= 11 is 0. The number of rotatable bonds is 0. The average Bonchev–Trinajstić information content (AvgIpc) is 3.32. The number of nitrogens with two attached hydrogens (primary N) is 1. The minimum atomic E-state index is -0.297. The Bertz CT molecular complexity index is 1360. The third kappa shape index (κ3) is 3.02. The highest BCUT2D eigenvalue weighted by Gasteiger charge is 2.24. The van der Waals surface area contributed by atoms with Crippen molar-refractivity contribution in [2.24, 2.45) is 7.05 Å². The summed E-state index contributed by atoms with van der Waals surface area (Å²) in [6.07, 6.45) is 3.65. The van der Waals surface area contributed by atoms with Gasteiger partial charge in [-0.1, -0.05) is 17.7 Å². The predicted octanol–water partition coefficient (Wildman–Crippen LogP) is 3.47. The standard InChI is InChI=1S/C23H21N7O/c1-13-4-5-19-17(8-13)14(2)31-21-9-15(12-26-23(21)25)22-18(28-29(3)20(22)11-24)10-16-6-7-27-30(16)19/h4-9,12,14H,10H2,1-3H3,(H2,25,26). The van der Waals surface area contributed by atoms with E-state index in [1.165, 1.54) is 0 Å². The Hall–Kier alpha value is -4.12. The molecule has 0 saturated carbocycles. The van der Waals surface area contributed by atoms with Crippen LogP contribution in [-0.4, -0.2) is 24.5 Å². The molecule has 3 aromatic heterocycles. The number of nitriles is 1. The molecule has 0 radical (unpaired) electrons. The van der Waals surface area contributed by atoms with E-state index < -0.39 is 0 Å². The van der Waals surface area contributed by atoms with Crippen molar-refractivity contribution in [3.63, 3.8) is 0 Å². The lowest BCUT2D eigenvalue weighted by atomic mass is 10.0. The molecule has 0 amide bonds. The third-order valence-corrected chi connectivity index (χ3v) is 5.62. The van der Waals surface area contributed by atoms with Crippen molar-refractivity contribution >= 4 is 5.82 Å². The summed E-state index contributed by atoms with van der Waals surface area (Å²) in [5, 5.41) is 19.0. The highest BCUT2D eigenvalue weighted by atomic mass is 16.5. The van der Waals surface area contributed by atoms with Crippen LogP contribution in [0.2, 0.25) is 0 Å². The Balaban J connectivity index is 1.83. The van der Waals surface area contributed by atoms with Crippen LogP contribution in [0.4, 0.5) is 5.82 Å². The number of nitrogens with zero attached hydrogens (tertiary/aromatic N) is 6. The van der Waals surface area contributed by atoms with Gasteiger partial charge in [0.15, 0.2) is 11.6 Å². The van der Waals surface area contributed by atoms with Crippen LogP contribution < -0.4 is 10.5 Å². The van der Waals surface area contributed by atoms with Crippen molar-refractivity contribution in [1.82, 2.24) is 24.5 Å². The molecule has 5 rings (SSSR count). The van der Waals surface area contributed by atoms with Crippen LogP contribution in [0.25, 0.3) is 16.8 Å². The molecular formula is C23H21N7O. The van der Waals surface area contributed by atoms with E-state index in [2.05, 4.69) is 33.4 Å². The maximum Gasteiger partial charge on any atom is 0.166 e. The fourth-order valence-electron chi connectivity index (χ4n) is 4.12. The van der Waals surface area contributed by atoms with E-state index in [9.17, 15) is 5.26 Å². The number of ether oxygens (including phenoxy) is 1. The minimum Gasteiger partial charge on any atom is -0.482 e. The van der Waals surface area contributed by atoms with Crippen LogP contribution >= 0.6 is 0 Å². The topological polar surface area (TPSA) is 108 Å². The fourth-order valence-corrected chi connectivity index (χ4v) is 4.12. The zero-order valence-electron chi connectivity index (χ0n) is 17.5. The van der Waals surface area contributed by atoms with Gasteiger partial charge in [-0.05, 0) is 32.0 Å². The first kappa shape index (κ1) is 18.9. The molecule has 0 saturated heterocycles. The first-order chi connectivity index (χ1) is 15.0. The molecule has 0 spiro atoms. The summed E-state index contributed by atoms with van der Waals surface area (Å²) in [6, 6.07) is 12.3. The molecular weight excluding hydrogens is 390 g/mol. The van der Waals surface area contributed by atoms with E-state index in [4.69, 9.17) is 10.5 Å². The molecule has 4 heterocycles. The van der Waals surface area contributed by atoms with Gasteiger partial charge < -0.3 is 10.5 Å². The third-order valence-electron chi connectivity index (χ3n) is 5.62. The molecule has 2 N–H and O–H groups in total. The Labute approximate surface area is 179 Å². The number of hydrogen-bond acceptors (Lipinski definition) is 6. The van der Waals surface area contributed by atoms with Crippen LogP contribution in [0.1, 0.15) is 41.2 Å². The second kappa shape index (κ2) is 6.99. The van der Waals surface area contributed by atoms with Crippen molar-refractivity contribution in [1.29, 1.82) is 5.26 Å². The molecule has 8 nitrogen and oxygen atoms in total. The summed E-state index contributed by atoms with van der Waals surface area (Å²) in [7, 11) is 1.77. The molecule has 1 unspecified atom stereocenters. The first-order valence-corrected chi connectivity index (χ1v) is 9.98. The lowest BCUT2D eigenvalue weighted by Crippen LogP contribution is -2.13. The SMILES string of the molecule is Cc1ccc2c(c1)C(C)Oc1cc(cnc1N)-c1c(nn(C)c1C#N)Cc1ccnn1-2. The van der Waals surface area contributed by atoms with Crippen molar-refractivity contribution < 1.29 is 4.74 Å². The number of aromatic nitrogens is 5. The number of benzene rings is 1. The number of fused-ring (bicyclic) bond motifs is 7. The monoisotopic (exact) mass is 411 g/mol. The second-order valence-corrected chi connectivity index (χ2v) is 7.75. The highest BCUT2D eigenvalue weighted by molar-refractivity contribution is 5.74. The van der Waals surface area contributed by atoms with Gasteiger partial charge in [-0.3, -0.25) is 4.68 Å². The van der Waals surface area contributed by atoms with Crippen molar-refractivity contribution in [2.75, 3.05) is 5.73 Å². The summed E-state index contributed by atoms with van der Waals surface area (Å²) < 4.78 is 9.80. The van der Waals surface area contributed by atoms with Crippen LogP contribution in [-0.2, 0) is 13.5 Å². The second-order valence-electron chi connectivity index (χ2n) is 7.75. The van der Waals surface area contributed by atoms with Gasteiger partial charge >= 0.3 is 0 Å². The Morgan fingerprint density at radius 2 is 2.10 bits per heavy atom. The van der Waals surface area contributed by atoms with E-state index in [1.54, 1.807) is 24.1 Å².